The predicted molar refractivity (Wildman–Crippen MR) is 106 cm³/mol. The Hall–Kier alpha value is -2.64. The van der Waals surface area contributed by atoms with Gasteiger partial charge in [-0.2, -0.15) is 0 Å². The standard InChI is InChI=1S/C20H22N2O4S/c1-13-10-17(26-3)11-14(2)19(13)27(24,25)21-9-8-16-12-15-6-4-5-7-18(15)22-20(16)23/h4-7,10-12,21H,8-9H2,1-3H3,(H,22,23). The SMILES string of the molecule is COc1cc(C)c(S(=O)(=O)NCCc2cc3ccccc3[nH]c2=O)c(C)c1. The van der Waals surface area contributed by atoms with Crippen LogP contribution in [0.25, 0.3) is 10.9 Å². The number of sulfonamides is 1. The molecule has 27 heavy (non-hydrogen) atoms. The van der Waals surface area contributed by atoms with Crippen molar-refractivity contribution in [2.75, 3.05) is 13.7 Å². The van der Waals surface area contributed by atoms with E-state index >= 15 is 0 Å². The van der Waals surface area contributed by atoms with Crippen molar-refractivity contribution < 1.29 is 13.2 Å². The predicted octanol–water partition coefficient (Wildman–Crippen LogP) is 2.67. The highest BCUT2D eigenvalue weighted by atomic mass is 32.2. The smallest absolute Gasteiger partial charge is 0.251 e. The van der Waals surface area contributed by atoms with Gasteiger partial charge < -0.3 is 9.72 Å². The summed E-state index contributed by atoms with van der Waals surface area (Å²) >= 11 is 0. The number of fused-ring (bicyclic) bond motifs is 1. The molecule has 0 aliphatic heterocycles. The number of benzene rings is 2. The monoisotopic (exact) mass is 386 g/mol. The highest BCUT2D eigenvalue weighted by Gasteiger charge is 2.20. The van der Waals surface area contributed by atoms with E-state index in [1.165, 1.54) is 0 Å². The van der Waals surface area contributed by atoms with E-state index in [2.05, 4.69) is 9.71 Å². The molecule has 0 amide bonds. The molecule has 3 rings (SSSR count). The molecule has 0 spiro atoms. The lowest BCUT2D eigenvalue weighted by Crippen LogP contribution is -2.28. The zero-order valence-electron chi connectivity index (χ0n) is 15.5. The van der Waals surface area contributed by atoms with Gasteiger partial charge in [0, 0.05) is 17.6 Å². The van der Waals surface area contributed by atoms with Crippen LogP contribution in [0, 0.1) is 13.8 Å². The third kappa shape index (κ3) is 4.04. The topological polar surface area (TPSA) is 88.3 Å². The molecule has 0 atom stereocenters. The second kappa shape index (κ2) is 7.54. The first-order valence-electron chi connectivity index (χ1n) is 8.57. The Morgan fingerprint density at radius 1 is 1.07 bits per heavy atom. The van der Waals surface area contributed by atoms with E-state index in [1.807, 2.05) is 24.3 Å². The Labute approximate surface area is 158 Å². The Morgan fingerprint density at radius 3 is 2.41 bits per heavy atom. The summed E-state index contributed by atoms with van der Waals surface area (Å²) in [4.78, 5) is 15.3. The minimum Gasteiger partial charge on any atom is -0.497 e. The summed E-state index contributed by atoms with van der Waals surface area (Å²) in [6, 6.07) is 12.7. The summed E-state index contributed by atoms with van der Waals surface area (Å²) in [5.74, 6) is 0.617. The van der Waals surface area contributed by atoms with Crippen molar-refractivity contribution in [1.29, 1.82) is 0 Å². The number of hydrogen-bond donors (Lipinski definition) is 2. The molecule has 2 N–H and O–H groups in total. The van der Waals surface area contributed by atoms with E-state index in [4.69, 9.17) is 4.74 Å². The number of ether oxygens (including phenoxy) is 1. The van der Waals surface area contributed by atoms with Crippen LogP contribution >= 0.6 is 0 Å². The molecule has 0 saturated heterocycles. The van der Waals surface area contributed by atoms with Gasteiger partial charge in [0.25, 0.3) is 5.56 Å². The highest BCUT2D eigenvalue weighted by molar-refractivity contribution is 7.89. The number of aromatic nitrogens is 1. The molecule has 0 saturated carbocycles. The molecule has 1 heterocycles. The van der Waals surface area contributed by atoms with Gasteiger partial charge in [-0.3, -0.25) is 4.79 Å². The second-order valence-corrected chi connectivity index (χ2v) is 8.15. The lowest BCUT2D eigenvalue weighted by Gasteiger charge is -2.13. The first kappa shape index (κ1) is 19.1. The molecule has 7 heteroatoms. The molecule has 142 valence electrons. The zero-order valence-corrected chi connectivity index (χ0v) is 16.3. The van der Waals surface area contributed by atoms with Gasteiger partial charge in [-0.05, 0) is 61.0 Å². The Bertz CT molecular complexity index is 1130. The molecule has 0 bridgehead atoms. The summed E-state index contributed by atoms with van der Waals surface area (Å²) < 4.78 is 33.2. The molecule has 1 aromatic heterocycles. The second-order valence-electron chi connectivity index (χ2n) is 6.45. The highest BCUT2D eigenvalue weighted by Crippen LogP contribution is 2.25. The van der Waals surface area contributed by atoms with Crippen LogP contribution in [0.3, 0.4) is 0 Å². The summed E-state index contributed by atoms with van der Waals surface area (Å²) in [6.45, 7) is 3.60. The van der Waals surface area contributed by atoms with Crippen LogP contribution in [0.4, 0.5) is 0 Å². The van der Waals surface area contributed by atoms with Crippen molar-refractivity contribution in [1.82, 2.24) is 9.71 Å². The van der Waals surface area contributed by atoms with Gasteiger partial charge in [-0.25, -0.2) is 13.1 Å². The van der Waals surface area contributed by atoms with E-state index in [-0.39, 0.29) is 17.0 Å². The Balaban J connectivity index is 1.79. The van der Waals surface area contributed by atoms with E-state index < -0.39 is 10.0 Å². The number of H-pyrrole nitrogens is 1. The first-order valence-corrected chi connectivity index (χ1v) is 10.1. The van der Waals surface area contributed by atoms with Gasteiger partial charge in [-0.15, -0.1) is 0 Å². The van der Waals surface area contributed by atoms with Crippen molar-refractivity contribution in [3.05, 3.63) is 69.5 Å². The third-order valence-corrected chi connectivity index (χ3v) is 6.22. The van der Waals surface area contributed by atoms with Gasteiger partial charge in [0.1, 0.15) is 5.75 Å². The van der Waals surface area contributed by atoms with E-state index in [0.29, 0.717) is 28.9 Å². The quantitative estimate of drug-likeness (QED) is 0.682. The van der Waals surface area contributed by atoms with Crippen LogP contribution in [0.2, 0.25) is 0 Å². The molecule has 0 aliphatic carbocycles. The first-order chi connectivity index (χ1) is 12.8. The van der Waals surface area contributed by atoms with Crippen LogP contribution < -0.4 is 15.0 Å². The van der Waals surface area contributed by atoms with Gasteiger partial charge in [-0.1, -0.05) is 18.2 Å². The normalized spacial score (nSPS) is 11.7. The molecule has 0 unspecified atom stereocenters. The van der Waals surface area contributed by atoms with Crippen LogP contribution in [-0.2, 0) is 16.4 Å². The summed E-state index contributed by atoms with van der Waals surface area (Å²) in [6.07, 6.45) is 0.299. The molecule has 2 aromatic carbocycles. The number of nitrogens with one attached hydrogen (secondary N) is 2. The molecule has 0 fully saturated rings. The number of hydrogen-bond acceptors (Lipinski definition) is 4. The van der Waals surface area contributed by atoms with Crippen LogP contribution in [-0.4, -0.2) is 27.1 Å². The number of methoxy groups -OCH3 is 1. The molecule has 0 radical (unpaired) electrons. The Kier molecular flexibility index (Phi) is 5.34. The van der Waals surface area contributed by atoms with E-state index in [0.717, 1.165) is 10.9 Å². The number of pyridine rings is 1. The van der Waals surface area contributed by atoms with E-state index in [1.54, 1.807) is 39.2 Å². The maximum Gasteiger partial charge on any atom is 0.251 e. The number of para-hydroxylation sites is 1. The minimum absolute atomic E-state index is 0.134. The van der Waals surface area contributed by atoms with Crippen molar-refractivity contribution in [3.8, 4) is 5.75 Å². The fraction of sp³-hybridized carbons (Fsp3) is 0.250. The number of aromatic amines is 1. The Morgan fingerprint density at radius 2 is 1.74 bits per heavy atom. The summed E-state index contributed by atoms with van der Waals surface area (Å²) in [5.41, 5.74) is 2.33. The van der Waals surface area contributed by atoms with Crippen molar-refractivity contribution >= 4 is 20.9 Å². The van der Waals surface area contributed by atoms with E-state index in [9.17, 15) is 13.2 Å². The van der Waals surface area contributed by atoms with Gasteiger partial charge >= 0.3 is 0 Å². The largest absolute Gasteiger partial charge is 0.497 e. The van der Waals surface area contributed by atoms with Crippen LogP contribution in [0.15, 0.2) is 52.2 Å². The van der Waals surface area contributed by atoms with Gasteiger partial charge in [0.2, 0.25) is 10.0 Å². The lowest BCUT2D eigenvalue weighted by atomic mass is 10.1. The van der Waals surface area contributed by atoms with Crippen LogP contribution in [0.5, 0.6) is 5.75 Å². The molecular formula is C20H22N2O4S. The average molecular weight is 386 g/mol. The fourth-order valence-corrected chi connectivity index (χ4v) is 4.70. The number of aryl methyl sites for hydroxylation is 2. The molecule has 0 aliphatic rings. The average Bonchev–Trinajstić information content (AvgIpc) is 2.61. The van der Waals surface area contributed by atoms with Crippen molar-refractivity contribution in [3.63, 3.8) is 0 Å². The molecule has 6 nitrogen and oxygen atoms in total. The summed E-state index contributed by atoms with van der Waals surface area (Å²) in [5, 5.41) is 0.914. The van der Waals surface area contributed by atoms with Crippen molar-refractivity contribution in [2.24, 2.45) is 0 Å². The lowest BCUT2D eigenvalue weighted by molar-refractivity contribution is 0.413. The maximum atomic E-state index is 12.7. The third-order valence-electron chi connectivity index (χ3n) is 4.46. The van der Waals surface area contributed by atoms with Gasteiger partial charge in [0.15, 0.2) is 0 Å². The summed E-state index contributed by atoms with van der Waals surface area (Å²) in [7, 11) is -2.15. The minimum atomic E-state index is -3.69. The van der Waals surface area contributed by atoms with Gasteiger partial charge in [0.05, 0.1) is 12.0 Å². The number of rotatable bonds is 6. The zero-order chi connectivity index (χ0) is 19.6. The molecule has 3 aromatic rings. The molecular weight excluding hydrogens is 364 g/mol. The fourth-order valence-electron chi connectivity index (χ4n) is 3.22. The van der Waals surface area contributed by atoms with Crippen LogP contribution in [0.1, 0.15) is 16.7 Å². The maximum absolute atomic E-state index is 12.7. The van der Waals surface area contributed by atoms with Crippen molar-refractivity contribution in [2.45, 2.75) is 25.2 Å².